The zero-order chi connectivity index (χ0) is 20.4. The molecule has 0 spiro atoms. The molecule has 0 heterocycles. The van der Waals surface area contributed by atoms with E-state index in [1.165, 1.54) is 18.2 Å². The molecule has 2 rings (SSSR count). The molecule has 0 aliphatic heterocycles. The fraction of sp³-hybridized carbons (Fsp3) is 0.176. The molecule has 28 heavy (non-hydrogen) atoms. The Morgan fingerprint density at radius 1 is 1.04 bits per heavy atom. The molecule has 2 aromatic rings. The maximum Gasteiger partial charge on any atom is 0.336 e. The van der Waals surface area contributed by atoms with E-state index in [1.807, 2.05) is 0 Å². The van der Waals surface area contributed by atoms with Gasteiger partial charge in [0, 0.05) is 0 Å². The number of carbonyl (C=O) groups is 2. The lowest BCUT2D eigenvalue weighted by atomic mass is 10.1. The van der Waals surface area contributed by atoms with Gasteiger partial charge in [0.15, 0.2) is 5.75 Å². The van der Waals surface area contributed by atoms with Crippen LogP contribution < -0.4 is 21.6 Å². The fourth-order valence-electron chi connectivity index (χ4n) is 2.31. The van der Waals surface area contributed by atoms with Crippen LogP contribution in [0.3, 0.4) is 0 Å². The molecule has 0 atom stereocenters. The molecule has 0 unspecified atom stereocenters. The third kappa shape index (κ3) is 5.99. The maximum absolute atomic E-state index is 12.3. The minimum atomic E-state index is -1.28. The van der Waals surface area contributed by atoms with Gasteiger partial charge >= 0.3 is 5.97 Å². The average Bonchev–Trinajstić information content (AvgIpc) is 2.69. The molecule has 0 saturated carbocycles. The topological polar surface area (TPSA) is 162 Å². The molecule has 150 valence electrons. The number of aromatic carboxylic acids is 1. The second-order valence-electron chi connectivity index (χ2n) is 5.35. The number of nitrogens with one attached hydrogen (secondary N) is 2. The minimum absolute atomic E-state index is 0.0131. The number of rotatable bonds is 11. The molecule has 0 radical (unpaired) electrons. The van der Waals surface area contributed by atoms with Gasteiger partial charge in [-0.3, -0.25) is 14.9 Å². The summed E-state index contributed by atoms with van der Waals surface area (Å²) in [5, 5.41) is 20.2. The van der Waals surface area contributed by atoms with E-state index >= 15 is 0 Å². The Morgan fingerprint density at radius 2 is 1.75 bits per heavy atom. The first kappa shape index (κ1) is 21.2. The number of amides is 1. The van der Waals surface area contributed by atoms with Gasteiger partial charge < -0.3 is 15.3 Å². The zero-order valence-electron chi connectivity index (χ0n) is 14.6. The fourth-order valence-corrected chi connectivity index (χ4v) is 2.31. The highest BCUT2D eigenvalue weighted by Gasteiger charge is 2.18. The summed E-state index contributed by atoms with van der Waals surface area (Å²) >= 11 is 0. The highest BCUT2D eigenvalue weighted by Crippen LogP contribution is 2.18. The number of carbonyl (C=O) groups excluding carboxylic acids is 1. The van der Waals surface area contributed by atoms with Crippen molar-refractivity contribution in [3.63, 3.8) is 0 Å². The van der Waals surface area contributed by atoms with Gasteiger partial charge in [-0.05, 0) is 29.3 Å². The predicted octanol–water partition coefficient (Wildman–Crippen LogP) is 0.967. The van der Waals surface area contributed by atoms with Crippen molar-refractivity contribution >= 4 is 11.9 Å². The van der Waals surface area contributed by atoms with Crippen molar-refractivity contribution in [1.29, 1.82) is 0 Å². The van der Waals surface area contributed by atoms with E-state index in [9.17, 15) is 14.7 Å². The Morgan fingerprint density at radius 3 is 2.39 bits per heavy atom. The molecule has 0 aliphatic carbocycles. The number of benzene rings is 2. The van der Waals surface area contributed by atoms with Crippen molar-refractivity contribution in [1.82, 2.24) is 10.8 Å². The van der Waals surface area contributed by atoms with Crippen molar-refractivity contribution in [3.8, 4) is 5.75 Å². The van der Waals surface area contributed by atoms with Crippen molar-refractivity contribution in [2.24, 2.45) is 5.90 Å². The lowest BCUT2D eigenvalue weighted by molar-refractivity contribution is -0.253. The summed E-state index contributed by atoms with van der Waals surface area (Å²) in [5.74, 6) is 2.89. The molecule has 0 bridgehead atoms. The number of hydroxylamine groups is 1. The first-order valence-electron chi connectivity index (χ1n) is 7.93. The van der Waals surface area contributed by atoms with Gasteiger partial charge in [-0.25, -0.2) is 9.68 Å². The first-order chi connectivity index (χ1) is 13.6. The molecule has 0 aliphatic rings. The van der Waals surface area contributed by atoms with Gasteiger partial charge in [0.2, 0.25) is 0 Å². The number of carboxylic acids is 1. The molecule has 11 nitrogen and oxygen atoms in total. The highest BCUT2D eigenvalue weighted by molar-refractivity contribution is 6.05. The molecule has 11 heteroatoms. The number of hydrogen-bond acceptors (Lipinski definition) is 9. The summed E-state index contributed by atoms with van der Waals surface area (Å²) in [4.78, 5) is 41.5. The Bertz CT molecular complexity index is 815. The van der Waals surface area contributed by atoms with Gasteiger partial charge in [0.1, 0.15) is 6.61 Å². The Hall–Kier alpha value is -3.06. The summed E-state index contributed by atoms with van der Waals surface area (Å²) in [6.07, 6.45) is 0. The van der Waals surface area contributed by atoms with Crippen molar-refractivity contribution in [2.45, 2.75) is 13.2 Å². The van der Waals surface area contributed by atoms with Crippen LogP contribution in [-0.4, -0.2) is 28.9 Å². The van der Waals surface area contributed by atoms with Gasteiger partial charge in [0.25, 0.3) is 5.91 Å². The lowest BCUT2D eigenvalue weighted by Crippen LogP contribution is -2.34. The monoisotopic (exact) mass is 393 g/mol. The maximum atomic E-state index is 12.3. The molecular weight excluding hydrogens is 374 g/mol. The number of carboxylic acid groups (broad SMARTS) is 1. The molecule has 0 fully saturated rings. The average molecular weight is 393 g/mol. The van der Waals surface area contributed by atoms with Crippen LogP contribution in [0.15, 0.2) is 42.5 Å². The second-order valence-corrected chi connectivity index (χ2v) is 5.35. The van der Waals surface area contributed by atoms with E-state index in [2.05, 4.69) is 25.6 Å². The van der Waals surface area contributed by atoms with Gasteiger partial charge in [0.05, 0.1) is 24.4 Å². The van der Waals surface area contributed by atoms with Crippen molar-refractivity contribution in [3.05, 3.63) is 64.7 Å². The third-order valence-electron chi connectivity index (χ3n) is 3.60. The SMILES string of the molecule is NOOc1ccc(C(=O)O)c(C(=O)NCNOCc2ccccc2COO)c1. The smallest absolute Gasteiger partial charge is 0.336 e. The van der Waals surface area contributed by atoms with Gasteiger partial charge in [-0.2, -0.15) is 11.4 Å². The van der Waals surface area contributed by atoms with E-state index in [-0.39, 0.29) is 36.8 Å². The normalized spacial score (nSPS) is 10.5. The standard InChI is InChI=1S/C17H19N3O8/c18-28-27-13-5-6-14(17(22)23)15(7-13)16(21)19-10-20-25-8-11-3-1-2-4-12(11)9-26-24/h1-7,20,24H,8-10,18H2,(H,19,21)(H,22,23). The highest BCUT2D eigenvalue weighted by atomic mass is 17.3. The summed E-state index contributed by atoms with van der Waals surface area (Å²) < 4.78 is 0. The zero-order valence-corrected chi connectivity index (χ0v) is 14.6. The van der Waals surface area contributed by atoms with Gasteiger partial charge in [-0.1, -0.05) is 29.3 Å². The molecule has 1 amide bonds. The predicted molar refractivity (Wildman–Crippen MR) is 93.4 cm³/mol. The van der Waals surface area contributed by atoms with Gasteiger partial charge in [-0.15, -0.1) is 0 Å². The molecule has 6 N–H and O–H groups in total. The first-order valence-corrected chi connectivity index (χ1v) is 7.93. The number of hydrogen-bond donors (Lipinski definition) is 5. The summed E-state index contributed by atoms with van der Waals surface area (Å²) in [6, 6.07) is 10.8. The molecule has 0 saturated heterocycles. The van der Waals surface area contributed by atoms with Crippen LogP contribution in [0.4, 0.5) is 0 Å². The number of nitrogens with two attached hydrogens (primary N) is 1. The Labute approximate surface area is 159 Å². The van der Waals surface area contributed by atoms with Crippen LogP contribution >= 0.6 is 0 Å². The van der Waals surface area contributed by atoms with Crippen LogP contribution in [0.2, 0.25) is 0 Å². The Balaban J connectivity index is 1.89. The van der Waals surface area contributed by atoms with Crippen molar-refractivity contribution in [2.75, 3.05) is 6.67 Å². The summed E-state index contributed by atoms with van der Waals surface area (Å²) in [6.45, 7) is 0.0567. The minimum Gasteiger partial charge on any atom is -0.478 e. The van der Waals surface area contributed by atoms with Crippen LogP contribution in [0, 0.1) is 0 Å². The molecular formula is C17H19N3O8. The second kappa shape index (κ2) is 10.9. The van der Waals surface area contributed by atoms with Crippen LogP contribution in [0.25, 0.3) is 0 Å². The van der Waals surface area contributed by atoms with E-state index < -0.39 is 11.9 Å². The largest absolute Gasteiger partial charge is 0.478 e. The quantitative estimate of drug-likeness (QED) is 0.161. The van der Waals surface area contributed by atoms with E-state index in [1.54, 1.807) is 24.3 Å². The van der Waals surface area contributed by atoms with Crippen LogP contribution in [0.1, 0.15) is 31.8 Å². The Kier molecular flexibility index (Phi) is 8.30. The summed E-state index contributed by atoms with van der Waals surface area (Å²) in [5.41, 5.74) is 3.68. The molecule has 2 aromatic carbocycles. The van der Waals surface area contributed by atoms with Crippen LogP contribution in [0.5, 0.6) is 5.75 Å². The van der Waals surface area contributed by atoms with E-state index in [0.717, 1.165) is 11.1 Å². The van der Waals surface area contributed by atoms with Crippen LogP contribution in [-0.2, 0) is 27.9 Å². The summed E-state index contributed by atoms with van der Waals surface area (Å²) in [7, 11) is 0. The lowest BCUT2D eigenvalue weighted by Gasteiger charge is -2.11. The third-order valence-corrected chi connectivity index (χ3v) is 3.60. The molecule has 0 aromatic heterocycles. The van der Waals surface area contributed by atoms with Crippen molar-refractivity contribution < 1.29 is 39.6 Å². The van der Waals surface area contributed by atoms with E-state index in [4.69, 9.17) is 16.0 Å². The van der Waals surface area contributed by atoms with E-state index in [0.29, 0.717) is 0 Å².